The van der Waals surface area contributed by atoms with Crippen molar-refractivity contribution < 1.29 is 4.92 Å². The second kappa shape index (κ2) is 5.79. The van der Waals surface area contributed by atoms with Crippen LogP contribution in [0.1, 0.15) is 25.3 Å². The molecule has 5 heteroatoms. The highest BCUT2D eigenvalue weighted by Gasteiger charge is 2.28. The average Bonchev–Trinajstić information content (AvgIpc) is 2.41. The van der Waals surface area contributed by atoms with Crippen molar-refractivity contribution in [3.05, 3.63) is 33.9 Å². The third-order valence-corrected chi connectivity index (χ3v) is 4.32. The molecule has 1 fully saturated rings. The van der Waals surface area contributed by atoms with E-state index in [2.05, 4.69) is 24.2 Å². The molecule has 0 atom stereocenters. The van der Waals surface area contributed by atoms with Gasteiger partial charge in [0.25, 0.3) is 5.69 Å². The van der Waals surface area contributed by atoms with Gasteiger partial charge in [-0.25, -0.2) is 0 Å². The first-order valence-electron chi connectivity index (χ1n) is 7.07. The number of nitrogens with zero attached hydrogens (tertiary/aromatic N) is 2. The van der Waals surface area contributed by atoms with Crippen LogP contribution in [-0.2, 0) is 0 Å². The molecule has 5 nitrogen and oxygen atoms in total. The van der Waals surface area contributed by atoms with Crippen LogP contribution in [0.25, 0.3) is 0 Å². The van der Waals surface area contributed by atoms with Gasteiger partial charge in [0.1, 0.15) is 0 Å². The number of benzene rings is 1. The molecule has 1 aromatic carbocycles. The van der Waals surface area contributed by atoms with Crippen molar-refractivity contribution in [1.82, 2.24) is 4.90 Å². The van der Waals surface area contributed by atoms with Crippen molar-refractivity contribution in [1.29, 1.82) is 0 Å². The summed E-state index contributed by atoms with van der Waals surface area (Å²) in [6.07, 6.45) is 2.31. The summed E-state index contributed by atoms with van der Waals surface area (Å²) in [7, 11) is 2.15. The van der Waals surface area contributed by atoms with Crippen molar-refractivity contribution >= 4 is 11.4 Å². The van der Waals surface area contributed by atoms with Gasteiger partial charge in [0, 0.05) is 23.9 Å². The fourth-order valence-corrected chi connectivity index (χ4v) is 2.57. The molecule has 2 rings (SSSR count). The third kappa shape index (κ3) is 3.48. The molecule has 0 radical (unpaired) electrons. The third-order valence-electron chi connectivity index (χ3n) is 4.32. The number of anilines is 1. The number of hydrogen-bond donors (Lipinski definition) is 1. The lowest BCUT2D eigenvalue weighted by Crippen LogP contribution is -2.40. The zero-order chi connectivity index (χ0) is 14.8. The van der Waals surface area contributed by atoms with E-state index < -0.39 is 0 Å². The van der Waals surface area contributed by atoms with Crippen molar-refractivity contribution in [2.45, 2.75) is 26.7 Å². The first-order valence-corrected chi connectivity index (χ1v) is 7.07. The predicted octanol–water partition coefficient (Wildman–Crippen LogP) is 3.05. The van der Waals surface area contributed by atoms with Crippen LogP contribution >= 0.6 is 0 Å². The first kappa shape index (κ1) is 14.8. The maximum Gasteiger partial charge on any atom is 0.274 e. The van der Waals surface area contributed by atoms with Crippen LogP contribution in [0.3, 0.4) is 0 Å². The molecule has 0 saturated carbocycles. The van der Waals surface area contributed by atoms with E-state index in [1.165, 1.54) is 0 Å². The SMILES string of the molecule is Cc1ccc(NCC2(C)CCN(C)CC2)cc1[N+](=O)[O-]. The Morgan fingerprint density at radius 2 is 2.05 bits per heavy atom. The highest BCUT2D eigenvalue weighted by atomic mass is 16.6. The maximum absolute atomic E-state index is 11.0. The molecule has 1 aromatic rings. The number of rotatable bonds is 4. The lowest BCUT2D eigenvalue weighted by Gasteiger charge is -2.38. The second-order valence-electron chi connectivity index (χ2n) is 6.23. The molecular formula is C15H23N3O2. The van der Waals surface area contributed by atoms with Crippen molar-refractivity contribution in [3.63, 3.8) is 0 Å². The summed E-state index contributed by atoms with van der Waals surface area (Å²) in [5.74, 6) is 0. The zero-order valence-electron chi connectivity index (χ0n) is 12.5. The van der Waals surface area contributed by atoms with Gasteiger partial charge < -0.3 is 10.2 Å². The van der Waals surface area contributed by atoms with Gasteiger partial charge in [-0.05, 0) is 51.4 Å². The van der Waals surface area contributed by atoms with Crippen molar-refractivity contribution in [2.75, 3.05) is 32.0 Å². The number of nitro benzene ring substituents is 1. The fourth-order valence-electron chi connectivity index (χ4n) is 2.57. The number of nitrogens with one attached hydrogen (secondary N) is 1. The highest BCUT2D eigenvalue weighted by molar-refractivity contribution is 5.54. The molecule has 0 unspecified atom stereocenters. The number of piperidine rings is 1. The van der Waals surface area contributed by atoms with E-state index in [1.54, 1.807) is 19.1 Å². The van der Waals surface area contributed by atoms with Gasteiger partial charge in [-0.3, -0.25) is 10.1 Å². The van der Waals surface area contributed by atoms with Gasteiger partial charge in [-0.15, -0.1) is 0 Å². The molecule has 0 spiro atoms. The second-order valence-corrected chi connectivity index (χ2v) is 6.23. The summed E-state index contributed by atoms with van der Waals surface area (Å²) in [4.78, 5) is 13.0. The molecule has 20 heavy (non-hydrogen) atoms. The van der Waals surface area contributed by atoms with E-state index in [4.69, 9.17) is 0 Å². The van der Waals surface area contributed by atoms with Gasteiger partial charge in [0.05, 0.1) is 4.92 Å². The minimum Gasteiger partial charge on any atom is -0.384 e. The first-order chi connectivity index (χ1) is 9.39. The Bertz CT molecular complexity index is 494. The molecule has 1 saturated heterocycles. The molecule has 1 heterocycles. The van der Waals surface area contributed by atoms with E-state index in [-0.39, 0.29) is 16.0 Å². The van der Waals surface area contributed by atoms with Crippen LogP contribution in [0.5, 0.6) is 0 Å². The average molecular weight is 277 g/mol. The Morgan fingerprint density at radius 3 is 2.65 bits per heavy atom. The number of hydrogen-bond acceptors (Lipinski definition) is 4. The van der Waals surface area contributed by atoms with E-state index in [9.17, 15) is 10.1 Å². The van der Waals surface area contributed by atoms with Gasteiger partial charge in [0.15, 0.2) is 0 Å². The smallest absolute Gasteiger partial charge is 0.274 e. The Labute approximate surface area is 120 Å². The molecule has 0 amide bonds. The molecule has 0 bridgehead atoms. The number of likely N-dealkylation sites (tertiary alicyclic amines) is 1. The maximum atomic E-state index is 11.0. The highest BCUT2D eigenvalue weighted by Crippen LogP contribution is 2.31. The molecule has 110 valence electrons. The van der Waals surface area contributed by atoms with E-state index in [1.807, 2.05) is 6.07 Å². The van der Waals surface area contributed by atoms with Crippen LogP contribution in [0.15, 0.2) is 18.2 Å². The molecule has 1 aliphatic heterocycles. The predicted molar refractivity (Wildman–Crippen MR) is 81.2 cm³/mol. The summed E-state index contributed by atoms with van der Waals surface area (Å²) >= 11 is 0. The summed E-state index contributed by atoms with van der Waals surface area (Å²) < 4.78 is 0. The monoisotopic (exact) mass is 277 g/mol. The fraction of sp³-hybridized carbons (Fsp3) is 0.600. The van der Waals surface area contributed by atoms with Crippen LogP contribution in [0, 0.1) is 22.5 Å². The van der Waals surface area contributed by atoms with Crippen LogP contribution in [0.2, 0.25) is 0 Å². The normalized spacial score (nSPS) is 18.8. The molecule has 0 aliphatic carbocycles. The van der Waals surface area contributed by atoms with Gasteiger partial charge in [-0.2, -0.15) is 0 Å². The van der Waals surface area contributed by atoms with Gasteiger partial charge >= 0.3 is 0 Å². The quantitative estimate of drug-likeness (QED) is 0.679. The minimum absolute atomic E-state index is 0.184. The standard InChI is InChI=1S/C15H23N3O2/c1-12-4-5-13(10-14(12)18(19)20)16-11-15(2)6-8-17(3)9-7-15/h4-5,10,16H,6-9,11H2,1-3H3. The zero-order valence-corrected chi connectivity index (χ0v) is 12.5. The Balaban J connectivity index is 2.00. The lowest BCUT2D eigenvalue weighted by atomic mass is 9.80. The number of aryl methyl sites for hydroxylation is 1. The van der Waals surface area contributed by atoms with Gasteiger partial charge in [0.2, 0.25) is 0 Å². The minimum atomic E-state index is -0.322. The number of nitro groups is 1. The van der Waals surface area contributed by atoms with Crippen LogP contribution in [0.4, 0.5) is 11.4 Å². The summed E-state index contributed by atoms with van der Waals surface area (Å²) in [6, 6.07) is 5.35. The molecule has 0 aromatic heterocycles. The van der Waals surface area contributed by atoms with Gasteiger partial charge in [-0.1, -0.05) is 13.0 Å². The Hall–Kier alpha value is -1.62. The van der Waals surface area contributed by atoms with Crippen molar-refractivity contribution in [3.8, 4) is 0 Å². The lowest BCUT2D eigenvalue weighted by molar-refractivity contribution is -0.385. The Kier molecular flexibility index (Phi) is 4.28. The molecule has 1 aliphatic rings. The van der Waals surface area contributed by atoms with E-state index >= 15 is 0 Å². The van der Waals surface area contributed by atoms with E-state index in [0.29, 0.717) is 5.56 Å². The van der Waals surface area contributed by atoms with Crippen molar-refractivity contribution in [2.24, 2.45) is 5.41 Å². The summed E-state index contributed by atoms with van der Waals surface area (Å²) in [6.45, 7) is 7.15. The molecular weight excluding hydrogens is 254 g/mol. The summed E-state index contributed by atoms with van der Waals surface area (Å²) in [5, 5.41) is 14.3. The van der Waals surface area contributed by atoms with Crippen LogP contribution < -0.4 is 5.32 Å². The topological polar surface area (TPSA) is 58.4 Å². The molecule has 1 N–H and O–H groups in total. The largest absolute Gasteiger partial charge is 0.384 e. The Morgan fingerprint density at radius 1 is 1.40 bits per heavy atom. The van der Waals surface area contributed by atoms with E-state index in [0.717, 1.165) is 38.2 Å². The van der Waals surface area contributed by atoms with Crippen LogP contribution in [-0.4, -0.2) is 36.5 Å². The summed E-state index contributed by atoms with van der Waals surface area (Å²) in [5.41, 5.74) is 1.99.